The molecule has 128 valence electrons. The van der Waals surface area contributed by atoms with E-state index >= 15 is 0 Å². The molecular weight excluding hydrogens is 306 g/mol. The number of ether oxygens (including phenoxy) is 2. The van der Waals surface area contributed by atoms with E-state index < -0.39 is 0 Å². The summed E-state index contributed by atoms with van der Waals surface area (Å²) in [5, 5.41) is 2.92. The first-order chi connectivity index (χ1) is 11.6. The highest BCUT2D eigenvalue weighted by Crippen LogP contribution is 2.30. The third-order valence-corrected chi connectivity index (χ3v) is 3.37. The molecule has 0 saturated heterocycles. The molecule has 0 aliphatic rings. The number of amides is 1. The summed E-state index contributed by atoms with van der Waals surface area (Å²) in [6.45, 7) is 6.90. The lowest BCUT2D eigenvalue weighted by atomic mass is 10.1. The van der Waals surface area contributed by atoms with Gasteiger partial charge in [-0.05, 0) is 56.7 Å². The highest BCUT2D eigenvalue weighted by atomic mass is 16.5. The SMILES string of the molecule is CCOc1ccc([C@@H](C)NC(=O)/C=C/c2ccco2)cc1OCC. The second-order valence-corrected chi connectivity index (χ2v) is 5.15. The van der Waals surface area contributed by atoms with Crippen LogP contribution in [0.2, 0.25) is 0 Å². The number of furan rings is 1. The molecule has 0 aliphatic carbocycles. The highest BCUT2D eigenvalue weighted by Gasteiger charge is 2.12. The molecular formula is C19H23NO4. The van der Waals surface area contributed by atoms with Gasteiger partial charge in [0.1, 0.15) is 5.76 Å². The average Bonchev–Trinajstić information content (AvgIpc) is 3.08. The van der Waals surface area contributed by atoms with Gasteiger partial charge in [0, 0.05) is 6.08 Å². The summed E-state index contributed by atoms with van der Waals surface area (Å²) in [6.07, 6.45) is 4.65. The van der Waals surface area contributed by atoms with Gasteiger partial charge < -0.3 is 19.2 Å². The van der Waals surface area contributed by atoms with Gasteiger partial charge in [-0.2, -0.15) is 0 Å². The van der Waals surface area contributed by atoms with Crippen LogP contribution in [0.1, 0.15) is 38.1 Å². The summed E-state index contributed by atoms with van der Waals surface area (Å²) >= 11 is 0. The molecule has 1 atom stereocenters. The van der Waals surface area contributed by atoms with E-state index in [0.717, 1.165) is 5.56 Å². The van der Waals surface area contributed by atoms with Crippen molar-refractivity contribution in [3.8, 4) is 11.5 Å². The van der Waals surface area contributed by atoms with Crippen LogP contribution in [0.3, 0.4) is 0 Å². The predicted molar refractivity (Wildman–Crippen MR) is 93.1 cm³/mol. The Kier molecular flexibility index (Phi) is 6.49. The zero-order valence-corrected chi connectivity index (χ0v) is 14.2. The van der Waals surface area contributed by atoms with Gasteiger partial charge in [0.05, 0.1) is 25.5 Å². The quantitative estimate of drug-likeness (QED) is 0.745. The summed E-state index contributed by atoms with van der Waals surface area (Å²) in [5.74, 6) is 1.84. The fourth-order valence-corrected chi connectivity index (χ4v) is 2.23. The molecule has 1 amide bonds. The lowest BCUT2D eigenvalue weighted by Crippen LogP contribution is -2.24. The van der Waals surface area contributed by atoms with Gasteiger partial charge in [0.25, 0.3) is 0 Å². The van der Waals surface area contributed by atoms with Crippen molar-refractivity contribution in [2.45, 2.75) is 26.8 Å². The third-order valence-electron chi connectivity index (χ3n) is 3.37. The molecule has 24 heavy (non-hydrogen) atoms. The van der Waals surface area contributed by atoms with Gasteiger partial charge in [-0.25, -0.2) is 0 Å². The van der Waals surface area contributed by atoms with E-state index in [2.05, 4.69) is 5.32 Å². The van der Waals surface area contributed by atoms with Gasteiger partial charge >= 0.3 is 0 Å². The number of hydrogen-bond acceptors (Lipinski definition) is 4. The molecule has 0 saturated carbocycles. The maximum Gasteiger partial charge on any atom is 0.244 e. The molecule has 2 rings (SSSR count). The van der Waals surface area contributed by atoms with Gasteiger partial charge in [-0.3, -0.25) is 4.79 Å². The molecule has 1 aromatic carbocycles. The van der Waals surface area contributed by atoms with Crippen LogP contribution in [0.25, 0.3) is 6.08 Å². The molecule has 0 aliphatic heterocycles. The van der Waals surface area contributed by atoms with Crippen LogP contribution in [0, 0.1) is 0 Å². The van der Waals surface area contributed by atoms with Gasteiger partial charge in [-0.1, -0.05) is 6.07 Å². The molecule has 5 nitrogen and oxygen atoms in total. The monoisotopic (exact) mass is 329 g/mol. The summed E-state index contributed by atoms with van der Waals surface area (Å²) in [6, 6.07) is 9.09. The van der Waals surface area contributed by atoms with Crippen LogP contribution in [0.4, 0.5) is 0 Å². The van der Waals surface area contributed by atoms with E-state index in [9.17, 15) is 4.79 Å². The molecule has 1 N–H and O–H groups in total. The second-order valence-electron chi connectivity index (χ2n) is 5.15. The Balaban J connectivity index is 2.04. The third kappa shape index (κ3) is 4.91. The minimum Gasteiger partial charge on any atom is -0.490 e. The Labute approximate surface area is 142 Å². The summed E-state index contributed by atoms with van der Waals surface area (Å²) in [4.78, 5) is 12.0. The number of hydrogen-bond donors (Lipinski definition) is 1. The maximum atomic E-state index is 12.0. The standard InChI is InChI=1S/C19H23NO4/c1-4-22-17-10-8-15(13-18(17)23-5-2)14(3)20-19(21)11-9-16-7-6-12-24-16/h6-14H,4-5H2,1-3H3,(H,20,21)/b11-9+/t14-/m1/s1. The maximum absolute atomic E-state index is 12.0. The van der Waals surface area contributed by atoms with Crippen molar-refractivity contribution in [2.75, 3.05) is 13.2 Å². The summed E-state index contributed by atoms with van der Waals surface area (Å²) < 4.78 is 16.3. The molecule has 0 unspecified atom stereocenters. The number of nitrogens with one attached hydrogen (secondary N) is 1. The van der Waals surface area contributed by atoms with Gasteiger partial charge in [0.2, 0.25) is 5.91 Å². The van der Waals surface area contributed by atoms with Crippen LogP contribution in [0.5, 0.6) is 11.5 Å². The van der Waals surface area contributed by atoms with Crippen LogP contribution in [-0.4, -0.2) is 19.1 Å². The number of benzene rings is 1. The normalized spacial score (nSPS) is 12.1. The Morgan fingerprint density at radius 1 is 1.21 bits per heavy atom. The zero-order valence-electron chi connectivity index (χ0n) is 14.2. The lowest BCUT2D eigenvalue weighted by molar-refractivity contribution is -0.117. The molecule has 0 bridgehead atoms. The zero-order chi connectivity index (χ0) is 17.4. The number of carbonyl (C=O) groups excluding carboxylic acids is 1. The van der Waals surface area contributed by atoms with E-state index in [-0.39, 0.29) is 11.9 Å². The molecule has 0 fully saturated rings. The number of rotatable bonds is 8. The molecule has 0 spiro atoms. The number of carbonyl (C=O) groups is 1. The predicted octanol–water partition coefficient (Wildman–Crippen LogP) is 3.97. The lowest BCUT2D eigenvalue weighted by Gasteiger charge is -2.16. The summed E-state index contributed by atoms with van der Waals surface area (Å²) in [7, 11) is 0. The van der Waals surface area contributed by atoms with E-state index in [0.29, 0.717) is 30.5 Å². The molecule has 1 aromatic heterocycles. The first-order valence-electron chi connectivity index (χ1n) is 8.05. The Morgan fingerprint density at radius 3 is 2.62 bits per heavy atom. The largest absolute Gasteiger partial charge is 0.490 e. The van der Waals surface area contributed by atoms with Crippen molar-refractivity contribution in [1.82, 2.24) is 5.32 Å². The van der Waals surface area contributed by atoms with Crippen LogP contribution >= 0.6 is 0 Å². The van der Waals surface area contributed by atoms with Crippen molar-refractivity contribution < 1.29 is 18.7 Å². The Hall–Kier alpha value is -2.69. The Bertz CT molecular complexity index is 677. The molecule has 1 heterocycles. The van der Waals surface area contributed by atoms with Crippen LogP contribution in [0.15, 0.2) is 47.1 Å². The molecule has 2 aromatic rings. The Morgan fingerprint density at radius 2 is 1.96 bits per heavy atom. The van der Waals surface area contributed by atoms with E-state index in [1.54, 1.807) is 24.5 Å². The topological polar surface area (TPSA) is 60.7 Å². The van der Waals surface area contributed by atoms with Crippen molar-refractivity contribution in [3.05, 3.63) is 54.0 Å². The first kappa shape index (κ1) is 17.7. The van der Waals surface area contributed by atoms with E-state index in [1.165, 1.54) is 6.08 Å². The fraction of sp³-hybridized carbons (Fsp3) is 0.316. The molecule has 5 heteroatoms. The fourth-order valence-electron chi connectivity index (χ4n) is 2.23. The van der Waals surface area contributed by atoms with Crippen molar-refractivity contribution in [1.29, 1.82) is 0 Å². The average molecular weight is 329 g/mol. The first-order valence-corrected chi connectivity index (χ1v) is 8.05. The van der Waals surface area contributed by atoms with E-state index in [1.807, 2.05) is 39.0 Å². The smallest absolute Gasteiger partial charge is 0.244 e. The second kappa shape index (κ2) is 8.82. The van der Waals surface area contributed by atoms with Crippen molar-refractivity contribution in [2.24, 2.45) is 0 Å². The van der Waals surface area contributed by atoms with Gasteiger partial charge in [0.15, 0.2) is 11.5 Å². The van der Waals surface area contributed by atoms with Crippen LogP contribution < -0.4 is 14.8 Å². The van der Waals surface area contributed by atoms with Crippen molar-refractivity contribution >= 4 is 12.0 Å². The highest BCUT2D eigenvalue weighted by molar-refractivity contribution is 5.91. The van der Waals surface area contributed by atoms with Crippen molar-refractivity contribution in [3.63, 3.8) is 0 Å². The van der Waals surface area contributed by atoms with Crippen LogP contribution in [-0.2, 0) is 4.79 Å². The van der Waals surface area contributed by atoms with Gasteiger partial charge in [-0.15, -0.1) is 0 Å². The minimum atomic E-state index is -0.189. The van der Waals surface area contributed by atoms with E-state index in [4.69, 9.17) is 13.9 Å². The summed E-state index contributed by atoms with van der Waals surface area (Å²) in [5.41, 5.74) is 0.946. The minimum absolute atomic E-state index is 0.159. The molecule has 0 radical (unpaired) electrons.